The van der Waals surface area contributed by atoms with Gasteiger partial charge >= 0.3 is 6.03 Å². The molecule has 116 valence electrons. The number of carbonyl (C=O) groups is 1. The molecule has 0 fully saturated rings. The van der Waals surface area contributed by atoms with Crippen molar-refractivity contribution in [2.45, 2.75) is 39.4 Å². The summed E-state index contributed by atoms with van der Waals surface area (Å²) in [5.41, 5.74) is 1.32. The molecule has 7 heteroatoms. The second kappa shape index (κ2) is 6.13. The molecule has 0 aliphatic carbocycles. The van der Waals surface area contributed by atoms with Crippen molar-refractivity contribution in [3.63, 3.8) is 0 Å². The first-order valence-corrected chi connectivity index (χ1v) is 7.31. The third-order valence-corrected chi connectivity index (χ3v) is 3.78. The van der Waals surface area contributed by atoms with Gasteiger partial charge in [0, 0.05) is 19.5 Å². The van der Waals surface area contributed by atoms with E-state index in [4.69, 9.17) is 0 Å². The SMILES string of the molecule is Cc1ccc(CNC(=O)NCc2nnc3n2CCC3)cc1F. The van der Waals surface area contributed by atoms with E-state index in [9.17, 15) is 9.18 Å². The van der Waals surface area contributed by atoms with Crippen LogP contribution in [-0.4, -0.2) is 20.8 Å². The molecular formula is C15H18FN5O. The summed E-state index contributed by atoms with van der Waals surface area (Å²) in [6, 6.07) is 4.62. The standard InChI is InChI=1S/C15H18FN5O/c1-10-4-5-11(7-12(10)16)8-17-15(22)18-9-14-20-19-13-3-2-6-21(13)14/h4-5,7H,2-3,6,8-9H2,1H3,(H2,17,18,22). The van der Waals surface area contributed by atoms with Gasteiger partial charge in [0.25, 0.3) is 0 Å². The summed E-state index contributed by atoms with van der Waals surface area (Å²) in [4.78, 5) is 11.8. The highest BCUT2D eigenvalue weighted by molar-refractivity contribution is 5.73. The van der Waals surface area contributed by atoms with E-state index in [-0.39, 0.29) is 18.4 Å². The number of fused-ring (bicyclic) bond motifs is 1. The van der Waals surface area contributed by atoms with E-state index in [0.717, 1.165) is 36.6 Å². The van der Waals surface area contributed by atoms with E-state index in [1.165, 1.54) is 6.07 Å². The zero-order chi connectivity index (χ0) is 15.5. The van der Waals surface area contributed by atoms with Crippen LogP contribution < -0.4 is 10.6 Å². The largest absolute Gasteiger partial charge is 0.334 e. The molecule has 1 aromatic heterocycles. The van der Waals surface area contributed by atoms with E-state index < -0.39 is 0 Å². The maximum Gasteiger partial charge on any atom is 0.315 e. The molecule has 0 atom stereocenters. The van der Waals surface area contributed by atoms with Crippen LogP contribution >= 0.6 is 0 Å². The number of hydrogen-bond donors (Lipinski definition) is 2. The number of aryl methyl sites for hydroxylation is 2. The third kappa shape index (κ3) is 3.08. The summed E-state index contributed by atoms with van der Waals surface area (Å²) in [5, 5.41) is 13.6. The van der Waals surface area contributed by atoms with Crippen LogP contribution in [0.15, 0.2) is 18.2 Å². The highest BCUT2D eigenvalue weighted by Crippen LogP contribution is 2.13. The lowest BCUT2D eigenvalue weighted by molar-refractivity contribution is 0.239. The molecule has 6 nitrogen and oxygen atoms in total. The van der Waals surface area contributed by atoms with E-state index in [1.807, 2.05) is 4.57 Å². The lowest BCUT2D eigenvalue weighted by Crippen LogP contribution is -2.35. The lowest BCUT2D eigenvalue weighted by Gasteiger charge is -2.08. The fourth-order valence-corrected chi connectivity index (χ4v) is 2.49. The van der Waals surface area contributed by atoms with Crippen molar-refractivity contribution in [2.24, 2.45) is 0 Å². The second-order valence-corrected chi connectivity index (χ2v) is 5.41. The first-order valence-electron chi connectivity index (χ1n) is 7.31. The van der Waals surface area contributed by atoms with Gasteiger partial charge in [-0.3, -0.25) is 0 Å². The van der Waals surface area contributed by atoms with Crippen LogP contribution in [0.1, 0.15) is 29.2 Å². The van der Waals surface area contributed by atoms with Crippen molar-refractivity contribution >= 4 is 6.03 Å². The normalized spacial score (nSPS) is 13.0. The predicted molar refractivity (Wildman–Crippen MR) is 78.6 cm³/mol. The van der Waals surface area contributed by atoms with Crippen LogP contribution in [0, 0.1) is 12.7 Å². The van der Waals surface area contributed by atoms with E-state index in [2.05, 4.69) is 20.8 Å². The van der Waals surface area contributed by atoms with Gasteiger partial charge in [-0.05, 0) is 30.5 Å². The summed E-state index contributed by atoms with van der Waals surface area (Å²) in [6.07, 6.45) is 2.02. The quantitative estimate of drug-likeness (QED) is 0.902. The van der Waals surface area contributed by atoms with Crippen LogP contribution in [0.3, 0.4) is 0 Å². The molecule has 0 bridgehead atoms. The van der Waals surface area contributed by atoms with Gasteiger partial charge in [0.15, 0.2) is 5.82 Å². The zero-order valence-electron chi connectivity index (χ0n) is 12.4. The summed E-state index contributed by atoms with van der Waals surface area (Å²) in [7, 11) is 0. The van der Waals surface area contributed by atoms with Crippen molar-refractivity contribution in [1.82, 2.24) is 25.4 Å². The number of nitrogens with one attached hydrogen (secondary N) is 2. The molecule has 0 saturated heterocycles. The first-order chi connectivity index (χ1) is 10.6. The maximum atomic E-state index is 13.4. The molecule has 2 aromatic rings. The number of hydrogen-bond acceptors (Lipinski definition) is 3. The average molecular weight is 303 g/mol. The Morgan fingerprint density at radius 2 is 2.14 bits per heavy atom. The Morgan fingerprint density at radius 1 is 1.32 bits per heavy atom. The number of rotatable bonds is 4. The summed E-state index contributed by atoms with van der Waals surface area (Å²) in [5.74, 6) is 1.48. The minimum absolute atomic E-state index is 0.265. The van der Waals surface area contributed by atoms with Crippen molar-refractivity contribution in [1.29, 1.82) is 0 Å². The number of carbonyl (C=O) groups excluding carboxylic acids is 1. The number of aromatic nitrogens is 3. The molecule has 0 spiro atoms. The molecule has 0 unspecified atom stereocenters. The Balaban J connectivity index is 1.49. The highest BCUT2D eigenvalue weighted by atomic mass is 19.1. The molecule has 2 amide bonds. The van der Waals surface area contributed by atoms with E-state index >= 15 is 0 Å². The highest BCUT2D eigenvalue weighted by Gasteiger charge is 2.17. The lowest BCUT2D eigenvalue weighted by atomic mass is 10.1. The molecule has 2 heterocycles. The zero-order valence-corrected chi connectivity index (χ0v) is 12.4. The van der Waals surface area contributed by atoms with Gasteiger partial charge in [0.1, 0.15) is 11.6 Å². The third-order valence-electron chi connectivity index (χ3n) is 3.78. The van der Waals surface area contributed by atoms with Gasteiger partial charge in [0.2, 0.25) is 0 Å². The molecule has 1 aliphatic heterocycles. The minimum atomic E-state index is -0.309. The number of benzene rings is 1. The smallest absolute Gasteiger partial charge is 0.315 e. The van der Waals surface area contributed by atoms with Crippen molar-refractivity contribution in [2.75, 3.05) is 0 Å². The molecule has 22 heavy (non-hydrogen) atoms. The van der Waals surface area contributed by atoms with Crippen LogP contribution in [0.25, 0.3) is 0 Å². The maximum absolute atomic E-state index is 13.4. The number of halogens is 1. The minimum Gasteiger partial charge on any atom is -0.334 e. The van der Waals surface area contributed by atoms with Gasteiger partial charge in [-0.1, -0.05) is 12.1 Å². The fourth-order valence-electron chi connectivity index (χ4n) is 2.49. The molecule has 3 rings (SSSR count). The Morgan fingerprint density at radius 3 is 2.95 bits per heavy atom. The summed E-state index contributed by atoms with van der Waals surface area (Å²) >= 11 is 0. The summed E-state index contributed by atoms with van der Waals surface area (Å²) < 4.78 is 15.5. The van der Waals surface area contributed by atoms with Crippen molar-refractivity contribution in [3.05, 3.63) is 46.8 Å². The Hall–Kier alpha value is -2.44. The van der Waals surface area contributed by atoms with Crippen molar-refractivity contribution in [3.8, 4) is 0 Å². The van der Waals surface area contributed by atoms with Crippen LogP contribution in [0.4, 0.5) is 9.18 Å². The van der Waals surface area contributed by atoms with Crippen LogP contribution in [-0.2, 0) is 26.1 Å². The van der Waals surface area contributed by atoms with Gasteiger partial charge in [-0.25, -0.2) is 9.18 Å². The Labute approximate surface area is 127 Å². The topological polar surface area (TPSA) is 71.8 Å². The van der Waals surface area contributed by atoms with Gasteiger partial charge < -0.3 is 15.2 Å². The molecule has 1 aromatic carbocycles. The fraction of sp³-hybridized carbons (Fsp3) is 0.400. The Bertz CT molecular complexity index is 697. The van der Waals surface area contributed by atoms with E-state index in [0.29, 0.717) is 12.1 Å². The second-order valence-electron chi connectivity index (χ2n) is 5.41. The molecule has 0 radical (unpaired) electrons. The number of nitrogens with zero attached hydrogens (tertiary/aromatic N) is 3. The molecule has 2 N–H and O–H groups in total. The molecular weight excluding hydrogens is 285 g/mol. The van der Waals surface area contributed by atoms with Crippen molar-refractivity contribution < 1.29 is 9.18 Å². The first kappa shape index (κ1) is 14.5. The Kier molecular flexibility index (Phi) is 4.04. The predicted octanol–water partition coefficient (Wildman–Crippen LogP) is 1.67. The van der Waals surface area contributed by atoms with E-state index in [1.54, 1.807) is 19.1 Å². The van der Waals surface area contributed by atoms with Gasteiger partial charge in [0.05, 0.1) is 6.54 Å². The monoisotopic (exact) mass is 303 g/mol. The number of urea groups is 1. The molecule has 0 saturated carbocycles. The number of amides is 2. The van der Waals surface area contributed by atoms with Gasteiger partial charge in [-0.15, -0.1) is 10.2 Å². The van der Waals surface area contributed by atoms with Gasteiger partial charge in [-0.2, -0.15) is 0 Å². The summed E-state index contributed by atoms with van der Waals surface area (Å²) in [6.45, 7) is 3.22. The van der Waals surface area contributed by atoms with Crippen LogP contribution in [0.5, 0.6) is 0 Å². The molecule has 1 aliphatic rings. The average Bonchev–Trinajstić information content (AvgIpc) is 3.10. The van der Waals surface area contributed by atoms with Crippen LogP contribution in [0.2, 0.25) is 0 Å².